The minimum atomic E-state index is -1.71. The fourth-order valence-electron chi connectivity index (χ4n) is 11.4. The molecule has 0 radical (unpaired) electrons. The van der Waals surface area contributed by atoms with E-state index in [0.29, 0.717) is 19.3 Å². The fourth-order valence-corrected chi connectivity index (χ4v) is 12.7. The smallest absolute Gasteiger partial charge is 0.306 e. The van der Waals surface area contributed by atoms with Crippen molar-refractivity contribution in [1.29, 1.82) is 0 Å². The van der Waals surface area contributed by atoms with Crippen LogP contribution in [0.15, 0.2) is 32.8 Å². The van der Waals surface area contributed by atoms with Crippen LogP contribution in [-0.4, -0.2) is 183 Å². The number of aliphatic hydroxyl groups is 1. The summed E-state index contributed by atoms with van der Waals surface area (Å²) < 4.78 is 33.8. The standard InChI is InChI=1S/C51H70Br2ClN5O18/c1-5-42(68)77-51(30(2)24-34-33-7-6-31-25-32(60)10-13-48(31,3)50(33,54)36(61)26-49(34,51)4)37(62)28-76-29-57-40(65)27-56-45(69)35(8-9-41(66)67)58-39(64)12-16-72-18-20-74-22-23-75-21-19-73-17-14-55-38(63)11-15-59-46(70)43(52)44(53)47(59)71/h10,13,25,30,33-36,61H,5-9,11-12,14-24,26-29H2,1-4H3,(H,55,63)(H,56,69)(H,57,65)(H,58,64)(H,66,67)/t30-,33-,34?,35-,36-,48-,49-,50-,51-/m0/s1. The fraction of sp³-hybridized carbons (Fsp3) is 0.686. The average molecular weight is 1240 g/mol. The number of aliphatic carboxylic acids is 1. The highest BCUT2D eigenvalue weighted by Crippen LogP contribution is 2.72. The number of nitrogens with one attached hydrogen (secondary N) is 4. The summed E-state index contributed by atoms with van der Waals surface area (Å²) in [5.74, 6) is -7.11. The third-order valence-corrected chi connectivity index (χ3v) is 18.2. The molecule has 1 heterocycles. The molecule has 9 atom stereocenters. The third kappa shape index (κ3) is 14.9. The highest BCUT2D eigenvalue weighted by Gasteiger charge is 2.76. The summed E-state index contributed by atoms with van der Waals surface area (Å²) in [5, 5.41) is 31.3. The number of ether oxygens (including phenoxy) is 6. The van der Waals surface area contributed by atoms with Crippen molar-refractivity contribution in [2.75, 3.05) is 85.8 Å². The van der Waals surface area contributed by atoms with Crippen molar-refractivity contribution in [1.82, 2.24) is 26.2 Å². The molecule has 0 bridgehead atoms. The Morgan fingerprint density at radius 3 is 2.06 bits per heavy atom. The van der Waals surface area contributed by atoms with Crippen molar-refractivity contribution in [2.45, 2.75) is 108 Å². The first-order valence-electron chi connectivity index (χ1n) is 25.7. The predicted molar refractivity (Wildman–Crippen MR) is 280 cm³/mol. The number of carboxylic acids is 1. The molecule has 0 aromatic rings. The van der Waals surface area contributed by atoms with Gasteiger partial charge in [-0.05, 0) is 88.0 Å². The molecule has 3 saturated carbocycles. The first-order chi connectivity index (χ1) is 36.5. The first-order valence-corrected chi connectivity index (χ1v) is 27.6. The molecule has 4 aliphatic carbocycles. The maximum absolute atomic E-state index is 14.5. The largest absolute Gasteiger partial charge is 0.481 e. The molecule has 5 rings (SSSR count). The molecule has 0 spiro atoms. The van der Waals surface area contributed by atoms with Gasteiger partial charge >= 0.3 is 11.9 Å². The molecule has 77 heavy (non-hydrogen) atoms. The van der Waals surface area contributed by atoms with Crippen LogP contribution >= 0.6 is 43.5 Å². The van der Waals surface area contributed by atoms with Gasteiger partial charge in [-0.1, -0.05) is 39.3 Å². The van der Waals surface area contributed by atoms with Crippen molar-refractivity contribution < 1.29 is 86.6 Å². The lowest BCUT2D eigenvalue weighted by atomic mass is 9.45. The van der Waals surface area contributed by atoms with Crippen LogP contribution in [0.25, 0.3) is 0 Å². The molecular formula is C51H70Br2ClN5O18. The third-order valence-electron chi connectivity index (χ3n) is 15.3. The van der Waals surface area contributed by atoms with E-state index in [1.807, 2.05) is 20.8 Å². The van der Waals surface area contributed by atoms with Crippen molar-refractivity contribution >= 4 is 102 Å². The zero-order valence-corrected chi connectivity index (χ0v) is 47.6. The first kappa shape index (κ1) is 63.4. The number of hydrogen-bond acceptors (Lipinski definition) is 17. The van der Waals surface area contributed by atoms with E-state index in [0.717, 1.165) is 10.5 Å². The number of carboxylic acid groups (broad SMARTS) is 1. The van der Waals surface area contributed by atoms with Crippen molar-refractivity contribution in [3.8, 4) is 0 Å². The molecular weight excluding hydrogens is 1170 g/mol. The molecule has 6 amide bonds. The van der Waals surface area contributed by atoms with Gasteiger partial charge < -0.3 is 59.9 Å². The van der Waals surface area contributed by atoms with Gasteiger partial charge in [-0.25, -0.2) is 0 Å². The van der Waals surface area contributed by atoms with E-state index in [1.54, 1.807) is 19.1 Å². The van der Waals surface area contributed by atoms with Gasteiger partial charge in [-0.15, -0.1) is 11.6 Å². The number of allylic oxidation sites excluding steroid dienone is 4. The number of hydrogen-bond donors (Lipinski definition) is 6. The van der Waals surface area contributed by atoms with E-state index in [9.17, 15) is 58.2 Å². The maximum atomic E-state index is 14.5. The van der Waals surface area contributed by atoms with Crippen LogP contribution in [0.1, 0.15) is 85.5 Å². The van der Waals surface area contributed by atoms with Crippen LogP contribution in [0.4, 0.5) is 0 Å². The molecule has 0 aromatic carbocycles. The molecule has 1 unspecified atom stereocenters. The number of alkyl halides is 1. The van der Waals surface area contributed by atoms with Crippen molar-refractivity contribution in [3.05, 3.63) is 32.8 Å². The molecule has 0 aromatic heterocycles. The van der Waals surface area contributed by atoms with Gasteiger partial charge in [0.15, 0.2) is 11.4 Å². The zero-order chi connectivity index (χ0) is 56.7. The van der Waals surface area contributed by atoms with E-state index in [1.165, 1.54) is 6.08 Å². The van der Waals surface area contributed by atoms with E-state index in [4.69, 9.17) is 40.0 Å². The number of amides is 6. The number of halogens is 3. The summed E-state index contributed by atoms with van der Waals surface area (Å²) in [6.45, 7) is 7.34. The van der Waals surface area contributed by atoms with Crippen molar-refractivity contribution in [2.24, 2.45) is 28.6 Å². The van der Waals surface area contributed by atoms with Gasteiger partial charge in [-0.2, -0.15) is 0 Å². The van der Waals surface area contributed by atoms with Gasteiger partial charge in [0.2, 0.25) is 29.4 Å². The SMILES string of the molecule is CCC(=O)O[C@]1(C(=O)COCNC(=O)CNC(=O)[C@H](CCC(=O)O)NC(=O)CCOCCOCCOCCOCCNC(=O)CCN2C(=O)C(Br)=C(Br)C2=O)[C@@H](C)CC2[C@@H]3CCC4=CC(=O)C=C[C@]4(C)[C@@]3(Cl)[C@@H](O)C[C@@]21C. The van der Waals surface area contributed by atoms with Crippen LogP contribution in [0, 0.1) is 28.6 Å². The summed E-state index contributed by atoms with van der Waals surface area (Å²) in [4.78, 5) is 126. The Morgan fingerprint density at radius 1 is 0.818 bits per heavy atom. The van der Waals surface area contributed by atoms with Crippen LogP contribution in [0.5, 0.6) is 0 Å². The lowest BCUT2D eigenvalue weighted by Crippen LogP contribution is -2.69. The highest BCUT2D eigenvalue weighted by molar-refractivity contribution is 9.14. The van der Waals surface area contributed by atoms with E-state index < -0.39 is 113 Å². The molecule has 26 heteroatoms. The number of Topliss-reactive ketones (excluding diaryl/α,β-unsaturated/α-hetero) is 1. The summed E-state index contributed by atoms with van der Waals surface area (Å²) in [6.07, 6.45) is 4.31. The molecule has 6 N–H and O–H groups in total. The molecule has 0 saturated heterocycles. The number of carbonyl (C=O) groups excluding carboxylic acids is 9. The predicted octanol–water partition coefficient (Wildman–Crippen LogP) is 2.02. The van der Waals surface area contributed by atoms with Crippen LogP contribution in [0.2, 0.25) is 0 Å². The van der Waals surface area contributed by atoms with Gasteiger partial charge in [0, 0.05) is 55.5 Å². The molecule has 23 nitrogen and oxygen atoms in total. The minimum absolute atomic E-state index is 0.0160. The van der Waals surface area contributed by atoms with E-state index in [-0.39, 0.29) is 131 Å². The van der Waals surface area contributed by atoms with Gasteiger partial charge in [0.1, 0.15) is 28.3 Å². The Kier molecular flexibility index (Phi) is 23.5. The van der Waals surface area contributed by atoms with E-state index in [2.05, 4.69) is 53.1 Å². The molecule has 428 valence electrons. The van der Waals surface area contributed by atoms with Gasteiger partial charge in [-0.3, -0.25) is 52.8 Å². The van der Waals surface area contributed by atoms with Crippen LogP contribution in [0.3, 0.4) is 0 Å². The molecule has 1 aliphatic heterocycles. The number of carbonyl (C=O) groups is 10. The maximum Gasteiger partial charge on any atom is 0.306 e. The lowest BCUT2D eigenvalue weighted by molar-refractivity contribution is -0.203. The summed E-state index contributed by atoms with van der Waals surface area (Å²) >= 11 is 13.7. The zero-order valence-electron chi connectivity index (χ0n) is 43.7. The monoisotopic (exact) mass is 1230 g/mol. The Bertz CT molecular complexity index is 2330. The second-order valence-electron chi connectivity index (χ2n) is 19.9. The van der Waals surface area contributed by atoms with Crippen molar-refractivity contribution in [3.63, 3.8) is 0 Å². The topological polar surface area (TPSA) is 318 Å². The van der Waals surface area contributed by atoms with Gasteiger partial charge in [0.25, 0.3) is 11.8 Å². The van der Waals surface area contributed by atoms with Crippen LogP contribution in [-0.2, 0) is 76.4 Å². The Hall–Kier alpha value is -4.47. The number of aliphatic hydroxyl groups excluding tert-OH is 1. The quantitative estimate of drug-likeness (QED) is 0.0185. The van der Waals surface area contributed by atoms with E-state index >= 15 is 0 Å². The number of rotatable bonds is 32. The molecule has 3 fully saturated rings. The second-order valence-corrected chi connectivity index (χ2v) is 22.2. The summed E-state index contributed by atoms with van der Waals surface area (Å²) in [7, 11) is 0. The normalized spacial score (nSPS) is 27.8. The Labute approximate surface area is 468 Å². The number of nitrogens with zero attached hydrogens (tertiary/aromatic N) is 1. The minimum Gasteiger partial charge on any atom is -0.481 e. The Balaban J connectivity index is 0.952. The summed E-state index contributed by atoms with van der Waals surface area (Å²) in [5.41, 5.74) is -2.77. The second kappa shape index (κ2) is 28.6. The summed E-state index contributed by atoms with van der Waals surface area (Å²) in [6, 6.07) is -1.29. The lowest BCUT2D eigenvalue weighted by Gasteiger charge is -2.64. The Morgan fingerprint density at radius 2 is 1.44 bits per heavy atom. The number of imide groups is 1. The number of fused-ring (bicyclic) bond motifs is 5. The van der Waals surface area contributed by atoms with Gasteiger partial charge in [0.05, 0.1) is 70.4 Å². The number of esters is 1. The molecule has 5 aliphatic rings. The average Bonchev–Trinajstić information content (AvgIpc) is 3.71. The number of ketones is 2. The van der Waals surface area contributed by atoms with Crippen LogP contribution < -0.4 is 21.3 Å². The highest BCUT2D eigenvalue weighted by atomic mass is 79.9.